The third-order valence-electron chi connectivity index (χ3n) is 3.51. The van der Waals surface area contributed by atoms with Gasteiger partial charge in [0.15, 0.2) is 0 Å². The van der Waals surface area contributed by atoms with Gasteiger partial charge in [0.05, 0.1) is 12.3 Å². The zero-order chi connectivity index (χ0) is 10.3. The van der Waals surface area contributed by atoms with Crippen molar-refractivity contribution < 1.29 is 4.57 Å². The van der Waals surface area contributed by atoms with E-state index in [4.69, 9.17) is 0 Å². The minimum atomic E-state index is 0.0385. The van der Waals surface area contributed by atoms with E-state index in [1.165, 1.54) is 12.2 Å². The lowest BCUT2D eigenvalue weighted by Crippen LogP contribution is -2.45. The molecule has 0 saturated heterocycles. The van der Waals surface area contributed by atoms with E-state index in [2.05, 4.69) is 58.8 Å². The highest BCUT2D eigenvalue weighted by Crippen LogP contribution is 2.10. The van der Waals surface area contributed by atoms with Gasteiger partial charge in [0.1, 0.15) is 25.4 Å². The minimum absolute atomic E-state index is 0.0385. The van der Waals surface area contributed by atoms with Crippen LogP contribution in [0.1, 0.15) is 6.92 Å². The van der Waals surface area contributed by atoms with Gasteiger partial charge in [-0.3, -0.25) is 4.57 Å². The summed E-state index contributed by atoms with van der Waals surface area (Å²) in [6.07, 6.45) is 4.41. The van der Waals surface area contributed by atoms with Crippen LogP contribution in [0.25, 0.3) is 5.69 Å². The molecule has 3 heteroatoms. The Morgan fingerprint density at radius 2 is 2.13 bits per heavy atom. The molecule has 0 amide bonds. The van der Waals surface area contributed by atoms with Gasteiger partial charge in [-0.1, -0.05) is 25.1 Å². The predicted molar refractivity (Wildman–Crippen MR) is 63.6 cm³/mol. The first-order valence-corrected chi connectivity index (χ1v) is 5.81. The summed E-state index contributed by atoms with van der Waals surface area (Å²) >= 11 is 0. The highest BCUT2D eigenvalue weighted by atomic mass is 15.1. The molecule has 3 rings (SSSR count). The maximum Gasteiger partial charge on any atom is 0.131 e. The highest BCUT2D eigenvalue weighted by molar-refractivity contribution is 6.52. The van der Waals surface area contributed by atoms with Crippen LogP contribution in [-0.4, -0.2) is 11.8 Å². The van der Waals surface area contributed by atoms with E-state index in [-0.39, 0.29) is 7.28 Å². The molecule has 0 saturated carbocycles. The van der Waals surface area contributed by atoms with Crippen LogP contribution in [0.15, 0.2) is 42.7 Å². The lowest BCUT2D eigenvalue weighted by atomic mass is 9.67. The smallest absolute Gasteiger partial charge is 0.131 e. The van der Waals surface area contributed by atoms with Gasteiger partial charge in [-0.05, 0) is 12.1 Å². The van der Waals surface area contributed by atoms with Crippen LogP contribution in [-0.2, 0) is 6.54 Å². The van der Waals surface area contributed by atoms with Crippen molar-refractivity contribution in [3.05, 3.63) is 42.7 Å². The Bertz CT molecular complexity index is 476. The van der Waals surface area contributed by atoms with Crippen molar-refractivity contribution in [3.8, 4) is 5.69 Å². The second-order valence-electron chi connectivity index (χ2n) is 4.89. The van der Waals surface area contributed by atoms with Gasteiger partial charge >= 0.3 is 0 Å². The average molecular weight is 198 g/mol. The normalized spacial score (nSPS) is 19.1. The standard InChI is InChI=1S/C12H15BN2/c1-10-9-14-7-8-15(12(14)13-10)11-5-3-2-4-6-11/h2-8,10H,9,13H2,1H3/t10-/m0/s1. The highest BCUT2D eigenvalue weighted by Gasteiger charge is 2.22. The molecule has 1 aromatic heterocycles. The summed E-state index contributed by atoms with van der Waals surface area (Å²) in [6.45, 7) is 3.58. The Kier molecular flexibility index (Phi) is 1.91. The number of hydrogen-bond donors (Lipinski definition) is 0. The van der Waals surface area contributed by atoms with E-state index in [0.29, 0.717) is 0 Å². The fraction of sp³-hybridized carbons (Fsp3) is 0.250. The van der Waals surface area contributed by atoms with Crippen molar-refractivity contribution in [2.45, 2.75) is 19.3 Å². The topological polar surface area (TPSA) is 8.81 Å². The van der Waals surface area contributed by atoms with Gasteiger partial charge in [0.25, 0.3) is 0 Å². The summed E-state index contributed by atoms with van der Waals surface area (Å²) in [7, 11) is 0.0385. The fourth-order valence-corrected chi connectivity index (χ4v) is 2.79. The van der Waals surface area contributed by atoms with E-state index in [1.807, 2.05) is 0 Å². The molecule has 76 valence electrons. The van der Waals surface area contributed by atoms with E-state index >= 15 is 0 Å². The number of fused-ring (bicyclic) bond motifs is 1. The second-order valence-corrected chi connectivity index (χ2v) is 4.89. The minimum Gasteiger partial charge on any atom is -0.274 e. The van der Waals surface area contributed by atoms with Gasteiger partial charge in [0, 0.05) is 0 Å². The van der Waals surface area contributed by atoms with Crippen LogP contribution >= 0.6 is 0 Å². The zero-order valence-corrected chi connectivity index (χ0v) is 9.22. The molecule has 0 radical (unpaired) electrons. The maximum absolute atomic E-state index is 2.41. The first kappa shape index (κ1) is 8.78. The van der Waals surface area contributed by atoms with Gasteiger partial charge in [-0.2, -0.15) is 0 Å². The van der Waals surface area contributed by atoms with E-state index in [9.17, 15) is 0 Å². The number of imidazole rings is 1. The quantitative estimate of drug-likeness (QED) is 0.462. The van der Waals surface area contributed by atoms with E-state index in [1.54, 1.807) is 5.72 Å². The Morgan fingerprint density at radius 1 is 1.33 bits per heavy atom. The third-order valence-corrected chi connectivity index (χ3v) is 3.51. The molecule has 1 atom stereocenters. The molecule has 1 aliphatic rings. The Labute approximate surface area is 90.4 Å². The number of aromatic nitrogens is 2. The Hall–Kier alpha value is -1.51. The number of hydrogen-bond acceptors (Lipinski definition) is 0. The van der Waals surface area contributed by atoms with Crippen molar-refractivity contribution in [3.63, 3.8) is 0 Å². The van der Waals surface area contributed by atoms with Gasteiger partial charge in [0.2, 0.25) is 0 Å². The number of benzene rings is 1. The zero-order valence-electron chi connectivity index (χ0n) is 9.22. The molecule has 0 aliphatic carbocycles. The molecule has 2 nitrogen and oxygen atoms in total. The molecule has 0 N–H and O–H groups in total. The summed E-state index contributed by atoms with van der Waals surface area (Å²) in [6, 6.07) is 10.6. The van der Waals surface area contributed by atoms with Crippen molar-refractivity contribution in [2.24, 2.45) is 0 Å². The number of nitrogens with zero attached hydrogens (tertiary/aromatic N) is 2. The molecule has 15 heavy (non-hydrogen) atoms. The van der Waals surface area contributed by atoms with Crippen LogP contribution in [0, 0.1) is 0 Å². The number of para-hydroxylation sites is 1. The van der Waals surface area contributed by atoms with Crippen LogP contribution in [0.3, 0.4) is 0 Å². The van der Waals surface area contributed by atoms with Gasteiger partial charge in [-0.15, -0.1) is 5.82 Å². The summed E-state index contributed by atoms with van der Waals surface area (Å²) in [4.78, 5) is 0. The molecule has 1 aromatic carbocycles. The van der Waals surface area contributed by atoms with Crippen molar-refractivity contribution in [2.75, 3.05) is 0 Å². The maximum atomic E-state index is 2.41. The second kappa shape index (κ2) is 3.26. The lowest BCUT2D eigenvalue weighted by molar-refractivity contribution is -0.672. The largest absolute Gasteiger partial charge is 0.274 e. The molecule has 0 spiro atoms. The van der Waals surface area contributed by atoms with E-state index in [0.717, 1.165) is 5.82 Å². The first-order valence-electron chi connectivity index (χ1n) is 5.81. The van der Waals surface area contributed by atoms with Gasteiger partial charge in [-0.25, -0.2) is 4.57 Å². The van der Waals surface area contributed by atoms with Crippen molar-refractivity contribution >= 4 is 13.0 Å². The van der Waals surface area contributed by atoms with Gasteiger partial charge < -0.3 is 0 Å². The summed E-state index contributed by atoms with van der Waals surface area (Å²) in [5, 5.41) is 0. The SMILES string of the molecule is C[C@@H]1[BH2-]c2n(-c3ccccc3)cc[n+]2C1. The molecule has 2 aromatic rings. The molecule has 0 fully saturated rings. The number of rotatable bonds is 1. The molecule has 0 bridgehead atoms. The fourth-order valence-electron chi connectivity index (χ4n) is 2.79. The average Bonchev–Trinajstić information content (AvgIpc) is 2.77. The third kappa shape index (κ3) is 1.39. The van der Waals surface area contributed by atoms with E-state index < -0.39 is 0 Å². The Balaban J connectivity index is 2.08. The predicted octanol–water partition coefficient (Wildman–Crippen LogP) is 0.381. The Morgan fingerprint density at radius 3 is 2.93 bits per heavy atom. The molecule has 1 aliphatic heterocycles. The van der Waals surface area contributed by atoms with Crippen LogP contribution in [0.4, 0.5) is 0 Å². The van der Waals surface area contributed by atoms with Crippen molar-refractivity contribution in [1.82, 2.24) is 4.57 Å². The van der Waals surface area contributed by atoms with Crippen LogP contribution < -0.4 is 10.3 Å². The molecule has 2 heterocycles. The molecular formula is C12H15BN2. The summed E-state index contributed by atoms with van der Waals surface area (Å²) in [5.74, 6) is 0.899. The molecular weight excluding hydrogens is 183 g/mol. The van der Waals surface area contributed by atoms with Crippen LogP contribution in [0.2, 0.25) is 5.82 Å². The first-order chi connectivity index (χ1) is 7.34. The monoisotopic (exact) mass is 198 g/mol. The summed E-state index contributed by atoms with van der Waals surface area (Å²) < 4.78 is 4.77. The van der Waals surface area contributed by atoms with Crippen molar-refractivity contribution in [1.29, 1.82) is 0 Å². The lowest BCUT2D eigenvalue weighted by Gasteiger charge is -2.02. The molecule has 0 unspecified atom stereocenters. The van der Waals surface area contributed by atoms with Crippen LogP contribution in [0.5, 0.6) is 0 Å². The summed E-state index contributed by atoms with van der Waals surface area (Å²) in [5.41, 5.74) is 2.85.